The second-order valence-corrected chi connectivity index (χ2v) is 8.93. The molecule has 2 aliphatic rings. The summed E-state index contributed by atoms with van der Waals surface area (Å²) in [5, 5.41) is 14.5. The van der Waals surface area contributed by atoms with Crippen molar-refractivity contribution in [1.29, 1.82) is 0 Å². The number of fused-ring (bicyclic) bond motifs is 1. The fourth-order valence-corrected chi connectivity index (χ4v) is 5.21. The van der Waals surface area contributed by atoms with Gasteiger partial charge in [-0.3, -0.25) is 4.98 Å². The molecule has 1 aliphatic heterocycles. The smallest absolute Gasteiger partial charge is 0.303 e. The van der Waals surface area contributed by atoms with Crippen LogP contribution in [0.4, 0.5) is 0 Å². The molecule has 0 spiro atoms. The van der Waals surface area contributed by atoms with Crippen molar-refractivity contribution in [1.82, 2.24) is 29.9 Å². The van der Waals surface area contributed by atoms with Crippen molar-refractivity contribution in [3.8, 4) is 5.69 Å². The highest BCUT2D eigenvalue weighted by atomic mass is 16.1. The highest BCUT2D eigenvalue weighted by Gasteiger charge is 2.26. The molecule has 7 nitrogen and oxygen atoms in total. The maximum absolute atomic E-state index is 12.7. The monoisotopic (exact) mass is 406 g/mol. The van der Waals surface area contributed by atoms with E-state index < -0.39 is 0 Å². The zero-order chi connectivity index (χ0) is 20.3. The molecule has 0 amide bonds. The number of aromatic amines is 1. The number of benzene rings is 1. The third kappa shape index (κ3) is 4.03. The van der Waals surface area contributed by atoms with Crippen LogP contribution < -0.4 is 5.69 Å². The summed E-state index contributed by atoms with van der Waals surface area (Å²) in [7, 11) is 0. The molecule has 1 unspecified atom stereocenters. The molecular formula is C23H30N6O. The van der Waals surface area contributed by atoms with Crippen molar-refractivity contribution in [3.63, 3.8) is 0 Å². The van der Waals surface area contributed by atoms with E-state index >= 15 is 0 Å². The van der Waals surface area contributed by atoms with Gasteiger partial charge in [0.15, 0.2) is 0 Å². The molecule has 3 aromatic rings. The lowest BCUT2D eigenvalue weighted by Gasteiger charge is -2.33. The van der Waals surface area contributed by atoms with E-state index in [0.717, 1.165) is 54.1 Å². The van der Waals surface area contributed by atoms with Crippen molar-refractivity contribution >= 4 is 10.8 Å². The molecule has 2 aromatic heterocycles. The molecule has 5 rings (SSSR count). The maximum atomic E-state index is 12.7. The summed E-state index contributed by atoms with van der Waals surface area (Å²) in [5.41, 5.74) is 0.563. The summed E-state index contributed by atoms with van der Waals surface area (Å²) >= 11 is 0. The molecule has 158 valence electrons. The van der Waals surface area contributed by atoms with E-state index in [2.05, 4.69) is 20.1 Å². The van der Waals surface area contributed by atoms with E-state index in [9.17, 15) is 4.79 Å². The Balaban J connectivity index is 1.32. The van der Waals surface area contributed by atoms with Crippen molar-refractivity contribution < 1.29 is 0 Å². The average molecular weight is 407 g/mol. The topological polar surface area (TPSA) is 79.7 Å². The molecule has 7 heteroatoms. The van der Waals surface area contributed by atoms with Crippen molar-refractivity contribution in [3.05, 3.63) is 46.9 Å². The van der Waals surface area contributed by atoms with Gasteiger partial charge in [0, 0.05) is 23.2 Å². The minimum atomic E-state index is -0.186. The Labute approximate surface area is 176 Å². The third-order valence-electron chi connectivity index (χ3n) is 6.90. The Morgan fingerprint density at radius 1 is 1.03 bits per heavy atom. The number of aromatic nitrogens is 5. The Morgan fingerprint density at radius 3 is 2.80 bits per heavy atom. The Bertz CT molecular complexity index is 1050. The molecule has 1 aliphatic carbocycles. The molecule has 0 bridgehead atoms. The van der Waals surface area contributed by atoms with Gasteiger partial charge in [-0.2, -0.15) is 14.9 Å². The Kier molecular flexibility index (Phi) is 5.62. The quantitative estimate of drug-likeness (QED) is 0.700. The van der Waals surface area contributed by atoms with Gasteiger partial charge in [-0.1, -0.05) is 44.2 Å². The standard InChI is InChI=1S/C23H30N6O/c30-23-26-22(27-29(23)21-10-4-8-18-14-24-25-15-20(18)21)19-9-5-12-28(16-19)13-11-17-6-2-1-3-7-17/h4,8,10,14-15,17,19H,1-3,5-7,9,11-13,16H2,(H,26,27,30). The summed E-state index contributed by atoms with van der Waals surface area (Å²) in [6, 6.07) is 5.80. The van der Waals surface area contributed by atoms with Crippen molar-refractivity contribution in [2.75, 3.05) is 19.6 Å². The Hall–Kier alpha value is -2.54. The first-order valence-electron chi connectivity index (χ1n) is 11.4. The molecule has 1 saturated heterocycles. The predicted molar refractivity (Wildman–Crippen MR) is 117 cm³/mol. The molecule has 1 aromatic carbocycles. The second-order valence-electron chi connectivity index (χ2n) is 8.93. The van der Waals surface area contributed by atoms with Gasteiger partial charge in [-0.05, 0) is 44.3 Å². The molecule has 2 fully saturated rings. The first kappa shape index (κ1) is 19.4. The van der Waals surface area contributed by atoms with Gasteiger partial charge in [0.2, 0.25) is 0 Å². The van der Waals surface area contributed by atoms with Gasteiger partial charge in [0.1, 0.15) is 5.82 Å². The predicted octanol–water partition coefficient (Wildman–Crippen LogP) is 3.65. The highest BCUT2D eigenvalue weighted by molar-refractivity contribution is 5.88. The van der Waals surface area contributed by atoms with Gasteiger partial charge in [0.25, 0.3) is 0 Å². The van der Waals surface area contributed by atoms with Crippen LogP contribution in [0.25, 0.3) is 16.5 Å². The number of nitrogens with zero attached hydrogens (tertiary/aromatic N) is 5. The van der Waals surface area contributed by atoms with Gasteiger partial charge in [-0.25, -0.2) is 4.79 Å². The van der Waals surface area contributed by atoms with Crippen LogP contribution in [0.1, 0.15) is 63.1 Å². The lowest BCUT2D eigenvalue weighted by atomic mass is 9.86. The molecule has 3 heterocycles. The molecule has 1 saturated carbocycles. The zero-order valence-electron chi connectivity index (χ0n) is 17.5. The molecular weight excluding hydrogens is 376 g/mol. The number of hydrogen-bond donors (Lipinski definition) is 1. The second kappa shape index (κ2) is 8.68. The normalized spacial score (nSPS) is 21.3. The van der Waals surface area contributed by atoms with E-state index in [0.29, 0.717) is 0 Å². The SMILES string of the molecule is O=c1[nH]c(C2CCCN(CCC3CCCCC3)C2)nn1-c1cccc2cnncc12. The van der Waals surface area contributed by atoms with Crippen molar-refractivity contribution in [2.24, 2.45) is 5.92 Å². The van der Waals surface area contributed by atoms with Crippen LogP contribution >= 0.6 is 0 Å². The van der Waals surface area contributed by atoms with Gasteiger partial charge < -0.3 is 4.90 Å². The molecule has 1 N–H and O–H groups in total. The van der Waals surface area contributed by atoms with Crippen LogP contribution in [-0.4, -0.2) is 49.5 Å². The van der Waals surface area contributed by atoms with E-state index in [1.54, 1.807) is 12.4 Å². The first-order valence-corrected chi connectivity index (χ1v) is 11.4. The first-order chi connectivity index (χ1) is 14.8. The summed E-state index contributed by atoms with van der Waals surface area (Å²) in [6.07, 6.45) is 14.0. The maximum Gasteiger partial charge on any atom is 0.348 e. The number of rotatable bonds is 5. The number of nitrogens with one attached hydrogen (secondary N) is 1. The largest absolute Gasteiger partial charge is 0.348 e. The summed E-state index contributed by atoms with van der Waals surface area (Å²) in [5.74, 6) is 2.00. The minimum absolute atomic E-state index is 0.186. The van der Waals surface area contributed by atoms with Crippen LogP contribution in [0.5, 0.6) is 0 Å². The van der Waals surface area contributed by atoms with Crippen LogP contribution in [0.3, 0.4) is 0 Å². The fraction of sp³-hybridized carbons (Fsp3) is 0.565. The number of piperidine rings is 1. The molecule has 30 heavy (non-hydrogen) atoms. The minimum Gasteiger partial charge on any atom is -0.303 e. The average Bonchev–Trinajstić information content (AvgIpc) is 3.19. The summed E-state index contributed by atoms with van der Waals surface area (Å²) in [4.78, 5) is 18.3. The lowest BCUT2D eigenvalue weighted by Crippen LogP contribution is -2.36. The van der Waals surface area contributed by atoms with E-state index in [1.807, 2.05) is 18.2 Å². The zero-order valence-corrected chi connectivity index (χ0v) is 17.5. The highest BCUT2D eigenvalue weighted by Crippen LogP contribution is 2.29. The number of likely N-dealkylation sites (tertiary alicyclic amines) is 1. The molecule has 1 atom stereocenters. The van der Waals surface area contributed by atoms with Gasteiger partial charge in [0.05, 0.1) is 18.1 Å². The van der Waals surface area contributed by atoms with E-state index in [-0.39, 0.29) is 11.6 Å². The van der Waals surface area contributed by atoms with Crippen LogP contribution in [0.15, 0.2) is 35.4 Å². The van der Waals surface area contributed by atoms with E-state index in [4.69, 9.17) is 5.10 Å². The van der Waals surface area contributed by atoms with Gasteiger partial charge in [-0.15, -0.1) is 5.10 Å². The summed E-state index contributed by atoms with van der Waals surface area (Å²) in [6.45, 7) is 3.32. The van der Waals surface area contributed by atoms with Crippen LogP contribution in [0.2, 0.25) is 0 Å². The third-order valence-corrected chi connectivity index (χ3v) is 6.90. The number of H-pyrrole nitrogens is 1. The van der Waals surface area contributed by atoms with Crippen LogP contribution in [0, 0.1) is 5.92 Å². The summed E-state index contributed by atoms with van der Waals surface area (Å²) < 4.78 is 1.49. The Morgan fingerprint density at radius 2 is 1.90 bits per heavy atom. The number of hydrogen-bond acceptors (Lipinski definition) is 5. The van der Waals surface area contributed by atoms with Crippen molar-refractivity contribution in [2.45, 2.75) is 57.3 Å². The van der Waals surface area contributed by atoms with E-state index in [1.165, 1.54) is 49.8 Å². The fourth-order valence-electron chi connectivity index (χ4n) is 5.21. The molecule has 0 radical (unpaired) electrons. The lowest BCUT2D eigenvalue weighted by molar-refractivity contribution is 0.182. The van der Waals surface area contributed by atoms with Crippen LogP contribution in [-0.2, 0) is 0 Å². The van der Waals surface area contributed by atoms with Gasteiger partial charge >= 0.3 is 5.69 Å².